The molecule has 180 valence electrons. The van der Waals surface area contributed by atoms with Crippen molar-refractivity contribution >= 4 is 23.2 Å². The van der Waals surface area contributed by atoms with Gasteiger partial charge in [0, 0.05) is 64.0 Å². The fraction of sp³-hybridized carbons (Fsp3) is 0.652. The molecule has 0 atom stereocenters. The fourth-order valence-corrected chi connectivity index (χ4v) is 4.71. The molecule has 3 heterocycles. The molecule has 0 radical (unpaired) electrons. The summed E-state index contributed by atoms with van der Waals surface area (Å²) in [7, 11) is 0. The third kappa shape index (κ3) is 5.62. The standard InChI is InChI=1S/C23H33N5O5/c1-18-4-6-25(7-5-18)20-3-2-19(16-21(20)28(31)32)23(30)27-10-8-26(9-11-27)22(29)17-24-12-14-33-15-13-24/h2-3,16,18H,4-15,17H2,1H3. The largest absolute Gasteiger partial charge is 0.379 e. The first-order valence-corrected chi connectivity index (χ1v) is 11.8. The van der Waals surface area contributed by atoms with Gasteiger partial charge in [0.15, 0.2) is 0 Å². The zero-order valence-electron chi connectivity index (χ0n) is 19.3. The first-order valence-electron chi connectivity index (χ1n) is 11.8. The summed E-state index contributed by atoms with van der Waals surface area (Å²) in [6, 6.07) is 4.81. The number of rotatable bonds is 5. The molecule has 1 aromatic carbocycles. The van der Waals surface area contributed by atoms with Gasteiger partial charge in [0.05, 0.1) is 24.7 Å². The van der Waals surface area contributed by atoms with Crippen molar-refractivity contribution < 1.29 is 19.2 Å². The number of piperidine rings is 1. The highest BCUT2D eigenvalue weighted by Crippen LogP contribution is 2.32. The Labute approximate surface area is 194 Å². The van der Waals surface area contributed by atoms with E-state index >= 15 is 0 Å². The van der Waals surface area contributed by atoms with Crippen LogP contribution < -0.4 is 4.90 Å². The molecule has 0 saturated carbocycles. The van der Waals surface area contributed by atoms with Crippen LogP contribution in [-0.4, -0.2) is 104 Å². The van der Waals surface area contributed by atoms with E-state index in [2.05, 4.69) is 11.8 Å². The summed E-state index contributed by atoms with van der Waals surface area (Å²) in [6.07, 6.45) is 2.01. The molecule has 33 heavy (non-hydrogen) atoms. The van der Waals surface area contributed by atoms with Crippen LogP contribution in [0, 0.1) is 16.0 Å². The van der Waals surface area contributed by atoms with Crippen LogP contribution in [-0.2, 0) is 9.53 Å². The van der Waals surface area contributed by atoms with E-state index in [4.69, 9.17) is 4.74 Å². The van der Waals surface area contributed by atoms with Crippen molar-refractivity contribution in [2.75, 3.05) is 77.0 Å². The second-order valence-corrected chi connectivity index (χ2v) is 9.19. The Morgan fingerprint density at radius 3 is 2.27 bits per heavy atom. The highest BCUT2D eigenvalue weighted by atomic mass is 16.6. The molecule has 0 unspecified atom stereocenters. The molecular formula is C23H33N5O5. The Morgan fingerprint density at radius 1 is 1.00 bits per heavy atom. The van der Waals surface area contributed by atoms with Gasteiger partial charge in [-0.25, -0.2) is 0 Å². The van der Waals surface area contributed by atoms with Crippen LogP contribution in [0.15, 0.2) is 18.2 Å². The number of carbonyl (C=O) groups excluding carboxylic acids is 2. The number of ether oxygens (including phenoxy) is 1. The molecule has 3 saturated heterocycles. The molecule has 10 nitrogen and oxygen atoms in total. The molecule has 4 rings (SSSR count). The van der Waals surface area contributed by atoms with Gasteiger partial charge in [-0.05, 0) is 30.9 Å². The Balaban J connectivity index is 1.36. The number of anilines is 1. The third-order valence-corrected chi connectivity index (χ3v) is 6.93. The summed E-state index contributed by atoms with van der Waals surface area (Å²) in [5.74, 6) is 0.470. The molecule has 3 aliphatic rings. The van der Waals surface area contributed by atoms with E-state index < -0.39 is 4.92 Å². The molecule has 1 aromatic rings. The number of morpholine rings is 1. The average Bonchev–Trinajstić information content (AvgIpc) is 2.84. The summed E-state index contributed by atoms with van der Waals surface area (Å²) in [5, 5.41) is 11.8. The third-order valence-electron chi connectivity index (χ3n) is 6.93. The minimum absolute atomic E-state index is 0.0188. The smallest absolute Gasteiger partial charge is 0.293 e. The number of nitro benzene ring substituents is 1. The number of benzene rings is 1. The van der Waals surface area contributed by atoms with Crippen molar-refractivity contribution in [3.05, 3.63) is 33.9 Å². The van der Waals surface area contributed by atoms with Gasteiger partial charge in [0.1, 0.15) is 5.69 Å². The van der Waals surface area contributed by atoms with Crippen molar-refractivity contribution in [3.63, 3.8) is 0 Å². The normalized spacial score (nSPS) is 20.7. The van der Waals surface area contributed by atoms with E-state index in [1.54, 1.807) is 21.9 Å². The lowest BCUT2D eigenvalue weighted by atomic mass is 9.98. The number of carbonyl (C=O) groups is 2. The van der Waals surface area contributed by atoms with Gasteiger partial charge < -0.3 is 19.4 Å². The van der Waals surface area contributed by atoms with Crippen molar-refractivity contribution in [3.8, 4) is 0 Å². The number of nitro groups is 1. The van der Waals surface area contributed by atoms with Crippen LogP contribution in [0.3, 0.4) is 0 Å². The summed E-state index contributed by atoms with van der Waals surface area (Å²) >= 11 is 0. The average molecular weight is 460 g/mol. The van der Waals surface area contributed by atoms with Crippen LogP contribution in [0.1, 0.15) is 30.1 Å². The molecule has 2 amide bonds. The Kier molecular flexibility index (Phi) is 7.44. The number of hydrogen-bond acceptors (Lipinski definition) is 7. The maximum atomic E-state index is 13.1. The van der Waals surface area contributed by atoms with Gasteiger partial charge in [-0.1, -0.05) is 6.92 Å². The van der Waals surface area contributed by atoms with Gasteiger partial charge in [-0.3, -0.25) is 24.6 Å². The second-order valence-electron chi connectivity index (χ2n) is 9.19. The minimum atomic E-state index is -0.396. The monoisotopic (exact) mass is 459 g/mol. The minimum Gasteiger partial charge on any atom is -0.379 e. The molecular weight excluding hydrogens is 426 g/mol. The van der Waals surface area contributed by atoms with Crippen molar-refractivity contribution in [2.45, 2.75) is 19.8 Å². The van der Waals surface area contributed by atoms with Crippen LogP contribution in [0.5, 0.6) is 0 Å². The highest BCUT2D eigenvalue weighted by molar-refractivity contribution is 5.96. The van der Waals surface area contributed by atoms with E-state index in [-0.39, 0.29) is 17.5 Å². The molecule has 10 heteroatoms. The van der Waals surface area contributed by atoms with Crippen molar-refractivity contribution in [2.24, 2.45) is 5.92 Å². The molecule has 0 bridgehead atoms. The number of amides is 2. The van der Waals surface area contributed by atoms with Crippen LogP contribution in [0.2, 0.25) is 0 Å². The molecule has 3 aliphatic heterocycles. The van der Waals surface area contributed by atoms with Crippen LogP contribution in [0.25, 0.3) is 0 Å². The lowest BCUT2D eigenvalue weighted by Gasteiger charge is -2.36. The fourth-order valence-electron chi connectivity index (χ4n) is 4.71. The molecule has 3 fully saturated rings. The molecule has 0 N–H and O–H groups in total. The Hall–Kier alpha value is -2.72. The summed E-state index contributed by atoms with van der Waals surface area (Å²) in [4.78, 5) is 44.6. The van der Waals surface area contributed by atoms with Gasteiger partial charge in [0.25, 0.3) is 11.6 Å². The first kappa shape index (κ1) is 23.4. The first-order chi connectivity index (χ1) is 15.9. The number of hydrogen-bond donors (Lipinski definition) is 0. The lowest BCUT2D eigenvalue weighted by Crippen LogP contribution is -2.53. The van der Waals surface area contributed by atoms with Crippen LogP contribution in [0.4, 0.5) is 11.4 Å². The lowest BCUT2D eigenvalue weighted by molar-refractivity contribution is -0.384. The molecule has 0 aromatic heterocycles. The van der Waals surface area contributed by atoms with E-state index in [0.717, 1.165) is 39.0 Å². The number of piperazine rings is 1. The summed E-state index contributed by atoms with van der Waals surface area (Å²) in [5.41, 5.74) is 0.889. The zero-order valence-corrected chi connectivity index (χ0v) is 19.3. The summed E-state index contributed by atoms with van der Waals surface area (Å²) < 4.78 is 5.32. The molecule has 0 spiro atoms. The van der Waals surface area contributed by atoms with Crippen molar-refractivity contribution in [1.29, 1.82) is 0 Å². The highest BCUT2D eigenvalue weighted by Gasteiger charge is 2.29. The Bertz CT molecular complexity index is 872. The topological polar surface area (TPSA) is 99.5 Å². The maximum absolute atomic E-state index is 13.1. The van der Waals surface area contributed by atoms with Gasteiger partial charge >= 0.3 is 0 Å². The summed E-state index contributed by atoms with van der Waals surface area (Å²) in [6.45, 7) is 8.76. The number of nitrogens with zero attached hydrogens (tertiary/aromatic N) is 5. The van der Waals surface area contributed by atoms with Gasteiger partial charge in [-0.15, -0.1) is 0 Å². The van der Waals surface area contributed by atoms with E-state index in [1.165, 1.54) is 6.07 Å². The van der Waals surface area contributed by atoms with E-state index in [9.17, 15) is 19.7 Å². The SMILES string of the molecule is CC1CCN(c2ccc(C(=O)N3CCN(C(=O)CN4CCOCC4)CC3)cc2[N+](=O)[O-])CC1. The quantitative estimate of drug-likeness (QED) is 0.485. The predicted molar refractivity (Wildman–Crippen MR) is 123 cm³/mol. The van der Waals surface area contributed by atoms with Crippen LogP contribution >= 0.6 is 0 Å². The van der Waals surface area contributed by atoms with E-state index in [1.807, 2.05) is 4.90 Å². The van der Waals surface area contributed by atoms with Gasteiger partial charge in [-0.2, -0.15) is 0 Å². The predicted octanol–water partition coefficient (Wildman–Crippen LogP) is 1.45. The zero-order chi connectivity index (χ0) is 23.4. The molecule has 0 aliphatic carbocycles. The van der Waals surface area contributed by atoms with E-state index in [0.29, 0.717) is 63.1 Å². The van der Waals surface area contributed by atoms with Gasteiger partial charge in [0.2, 0.25) is 5.91 Å². The maximum Gasteiger partial charge on any atom is 0.293 e. The Morgan fingerprint density at radius 2 is 1.64 bits per heavy atom. The van der Waals surface area contributed by atoms with Crippen molar-refractivity contribution in [1.82, 2.24) is 14.7 Å². The second kappa shape index (κ2) is 10.5.